The molecule has 0 radical (unpaired) electrons. The Kier molecular flexibility index (Phi) is 5.94. The minimum atomic E-state index is -0.339. The molecule has 0 N–H and O–H groups in total. The van der Waals surface area contributed by atoms with E-state index in [1.54, 1.807) is 23.2 Å². The van der Waals surface area contributed by atoms with Crippen molar-refractivity contribution in [1.29, 1.82) is 0 Å². The summed E-state index contributed by atoms with van der Waals surface area (Å²) in [6.45, 7) is 3.82. The molecule has 4 nitrogen and oxygen atoms in total. The first kappa shape index (κ1) is 17.8. The average Bonchev–Trinajstić information content (AvgIpc) is 2.64. The summed E-state index contributed by atoms with van der Waals surface area (Å²) in [7, 11) is 0. The lowest BCUT2D eigenvalue weighted by Crippen LogP contribution is -2.47. The zero-order valence-corrected chi connectivity index (χ0v) is 15.3. The summed E-state index contributed by atoms with van der Waals surface area (Å²) < 4.78 is 14.5. The highest BCUT2D eigenvalue weighted by Gasteiger charge is 2.19. The molecule has 130 valence electrons. The van der Waals surface area contributed by atoms with Crippen LogP contribution in [0.2, 0.25) is 0 Å². The number of carbonyl (C=O) groups excluding carboxylic acids is 1. The minimum absolute atomic E-state index is 0.0830. The van der Waals surface area contributed by atoms with E-state index < -0.39 is 0 Å². The summed E-state index contributed by atoms with van der Waals surface area (Å²) in [5, 5.41) is 0. The second-order valence-corrected chi connectivity index (χ2v) is 6.88. The maximum atomic E-state index is 13.7. The van der Waals surface area contributed by atoms with Crippen molar-refractivity contribution in [3.8, 4) is 0 Å². The number of carbonyl (C=O) groups is 1. The van der Waals surface area contributed by atoms with E-state index in [9.17, 15) is 9.18 Å². The van der Waals surface area contributed by atoms with E-state index in [1.807, 2.05) is 12.3 Å². The van der Waals surface area contributed by atoms with Gasteiger partial charge in [0.25, 0.3) is 0 Å². The van der Waals surface area contributed by atoms with Crippen LogP contribution >= 0.6 is 15.9 Å². The Morgan fingerprint density at radius 1 is 1.24 bits per heavy atom. The van der Waals surface area contributed by atoms with Gasteiger partial charge in [-0.3, -0.25) is 14.7 Å². The molecule has 3 rings (SSSR count). The van der Waals surface area contributed by atoms with Gasteiger partial charge >= 0.3 is 0 Å². The summed E-state index contributed by atoms with van der Waals surface area (Å²) in [5.74, 6) is -0.422. The lowest BCUT2D eigenvalue weighted by atomic mass is 10.2. The van der Waals surface area contributed by atoms with Crippen LogP contribution < -0.4 is 0 Å². The molecule has 0 aliphatic carbocycles. The predicted octanol–water partition coefficient (Wildman–Crippen LogP) is 3.34. The van der Waals surface area contributed by atoms with Crippen LogP contribution in [-0.2, 0) is 11.3 Å². The summed E-state index contributed by atoms with van der Waals surface area (Å²) >= 11 is 3.31. The van der Waals surface area contributed by atoms with Crippen LogP contribution in [0.15, 0.2) is 53.3 Å². The van der Waals surface area contributed by atoms with Crippen molar-refractivity contribution in [1.82, 2.24) is 14.8 Å². The number of hydrogen-bond donors (Lipinski definition) is 0. The van der Waals surface area contributed by atoms with Crippen molar-refractivity contribution in [3.05, 3.63) is 70.2 Å². The monoisotopic (exact) mass is 403 g/mol. The van der Waals surface area contributed by atoms with Gasteiger partial charge in [-0.25, -0.2) is 4.39 Å². The van der Waals surface area contributed by atoms with Gasteiger partial charge in [-0.2, -0.15) is 0 Å². The molecule has 0 saturated carbocycles. The number of piperazine rings is 1. The Balaban J connectivity index is 1.53. The topological polar surface area (TPSA) is 36.4 Å². The minimum Gasteiger partial charge on any atom is -0.337 e. The average molecular weight is 404 g/mol. The highest BCUT2D eigenvalue weighted by molar-refractivity contribution is 9.10. The van der Waals surface area contributed by atoms with Gasteiger partial charge in [0.05, 0.1) is 0 Å². The van der Waals surface area contributed by atoms with Crippen molar-refractivity contribution in [3.63, 3.8) is 0 Å². The molecule has 2 heterocycles. The molecule has 1 saturated heterocycles. The third kappa shape index (κ3) is 4.96. The van der Waals surface area contributed by atoms with Crippen molar-refractivity contribution >= 4 is 27.9 Å². The van der Waals surface area contributed by atoms with E-state index in [0.29, 0.717) is 18.7 Å². The lowest BCUT2D eigenvalue weighted by Gasteiger charge is -2.34. The number of rotatable bonds is 4. The molecule has 2 aromatic rings. The molecule has 1 aromatic heterocycles. The van der Waals surface area contributed by atoms with Gasteiger partial charge in [-0.05, 0) is 35.9 Å². The molecule has 0 bridgehead atoms. The summed E-state index contributed by atoms with van der Waals surface area (Å²) in [4.78, 5) is 20.5. The van der Waals surface area contributed by atoms with Gasteiger partial charge in [0.2, 0.25) is 5.91 Å². The molecule has 1 fully saturated rings. The first-order chi connectivity index (χ1) is 12.1. The van der Waals surface area contributed by atoms with E-state index in [-0.39, 0.29) is 11.7 Å². The molecule has 0 spiro atoms. The fraction of sp³-hybridized carbons (Fsp3) is 0.263. The molecule has 1 aliphatic rings. The van der Waals surface area contributed by atoms with E-state index in [2.05, 4.69) is 31.9 Å². The highest BCUT2D eigenvalue weighted by Crippen LogP contribution is 2.17. The number of pyridine rings is 1. The predicted molar refractivity (Wildman–Crippen MR) is 99.2 cm³/mol. The smallest absolute Gasteiger partial charge is 0.246 e. The standard InChI is InChI=1S/C19H19BrFN3O/c20-17-4-5-18(21)16(12-17)3-6-19(25)24-10-8-23(9-11-24)14-15-2-1-7-22-13-15/h1-7,12-13H,8-11,14H2/b6-3+. The molecule has 25 heavy (non-hydrogen) atoms. The summed E-state index contributed by atoms with van der Waals surface area (Å²) in [6, 6.07) is 8.66. The number of halogens is 2. The van der Waals surface area contributed by atoms with Gasteiger partial charge < -0.3 is 4.90 Å². The zero-order valence-electron chi connectivity index (χ0n) is 13.7. The van der Waals surface area contributed by atoms with E-state index in [1.165, 1.54) is 23.8 Å². The number of hydrogen-bond acceptors (Lipinski definition) is 3. The van der Waals surface area contributed by atoms with Crippen LogP contribution in [-0.4, -0.2) is 46.9 Å². The maximum absolute atomic E-state index is 13.7. The third-order valence-corrected chi connectivity index (χ3v) is 4.67. The fourth-order valence-electron chi connectivity index (χ4n) is 2.79. The van der Waals surface area contributed by atoms with Crippen LogP contribution in [0.25, 0.3) is 6.08 Å². The van der Waals surface area contributed by atoms with Crippen molar-refractivity contribution < 1.29 is 9.18 Å². The Morgan fingerprint density at radius 2 is 2.04 bits per heavy atom. The largest absolute Gasteiger partial charge is 0.337 e. The first-order valence-corrected chi connectivity index (χ1v) is 8.94. The zero-order chi connectivity index (χ0) is 17.6. The second-order valence-electron chi connectivity index (χ2n) is 5.96. The Morgan fingerprint density at radius 3 is 2.76 bits per heavy atom. The number of nitrogens with zero attached hydrogens (tertiary/aromatic N) is 3. The molecule has 1 amide bonds. The number of aromatic nitrogens is 1. The quantitative estimate of drug-likeness (QED) is 0.734. The highest BCUT2D eigenvalue weighted by atomic mass is 79.9. The molecule has 1 aliphatic heterocycles. The lowest BCUT2D eigenvalue weighted by molar-refractivity contribution is -0.127. The molecular formula is C19H19BrFN3O. The number of amides is 1. The van der Waals surface area contributed by atoms with E-state index in [0.717, 1.165) is 24.1 Å². The van der Waals surface area contributed by atoms with Crippen LogP contribution in [0, 0.1) is 5.82 Å². The Bertz CT molecular complexity index is 759. The molecule has 1 aromatic carbocycles. The fourth-order valence-corrected chi connectivity index (χ4v) is 3.16. The van der Waals surface area contributed by atoms with Crippen LogP contribution in [0.4, 0.5) is 4.39 Å². The van der Waals surface area contributed by atoms with Crippen molar-refractivity contribution in [2.45, 2.75) is 6.54 Å². The number of benzene rings is 1. The Hall–Kier alpha value is -2.05. The Labute approximate surface area is 155 Å². The van der Waals surface area contributed by atoms with Crippen LogP contribution in [0.1, 0.15) is 11.1 Å². The molecule has 0 unspecified atom stereocenters. The normalized spacial score (nSPS) is 15.7. The maximum Gasteiger partial charge on any atom is 0.246 e. The molecule has 6 heteroatoms. The van der Waals surface area contributed by atoms with Gasteiger partial charge in [-0.1, -0.05) is 22.0 Å². The van der Waals surface area contributed by atoms with Gasteiger partial charge in [-0.15, -0.1) is 0 Å². The van der Waals surface area contributed by atoms with E-state index in [4.69, 9.17) is 0 Å². The van der Waals surface area contributed by atoms with Crippen LogP contribution in [0.5, 0.6) is 0 Å². The van der Waals surface area contributed by atoms with Gasteiger partial charge in [0.1, 0.15) is 5.82 Å². The SMILES string of the molecule is O=C(/C=C/c1cc(Br)ccc1F)N1CCN(Cc2cccnc2)CC1. The van der Waals surface area contributed by atoms with Crippen molar-refractivity contribution in [2.75, 3.05) is 26.2 Å². The first-order valence-electron chi connectivity index (χ1n) is 8.15. The third-order valence-electron chi connectivity index (χ3n) is 4.18. The molecule has 0 atom stereocenters. The summed E-state index contributed by atoms with van der Waals surface area (Å²) in [6.07, 6.45) is 6.61. The molecular weight excluding hydrogens is 385 g/mol. The van der Waals surface area contributed by atoms with Crippen LogP contribution in [0.3, 0.4) is 0 Å². The van der Waals surface area contributed by atoms with E-state index >= 15 is 0 Å². The summed E-state index contributed by atoms with van der Waals surface area (Å²) in [5.41, 5.74) is 1.57. The van der Waals surface area contributed by atoms with Gasteiger partial charge in [0.15, 0.2) is 0 Å². The second kappa shape index (κ2) is 8.36. The van der Waals surface area contributed by atoms with Gasteiger partial charge in [0, 0.05) is 61.2 Å². The van der Waals surface area contributed by atoms with Crippen molar-refractivity contribution in [2.24, 2.45) is 0 Å².